The van der Waals surface area contributed by atoms with Crippen molar-refractivity contribution in [2.24, 2.45) is 0 Å². The van der Waals surface area contributed by atoms with Crippen molar-refractivity contribution in [3.63, 3.8) is 0 Å². The van der Waals surface area contributed by atoms with Crippen LogP contribution in [0, 0.1) is 0 Å². The number of hydrogen-bond acceptors (Lipinski definition) is 11. The van der Waals surface area contributed by atoms with Crippen molar-refractivity contribution in [2.45, 2.75) is 56.5 Å². The van der Waals surface area contributed by atoms with Gasteiger partial charge in [-0.25, -0.2) is 9.97 Å². The van der Waals surface area contributed by atoms with Gasteiger partial charge < -0.3 is 35.6 Å². The number of benzene rings is 2. The zero-order valence-electron chi connectivity index (χ0n) is 26.6. The second-order valence-corrected chi connectivity index (χ2v) is 12.8. The molecule has 1 aliphatic carbocycles. The van der Waals surface area contributed by atoms with E-state index >= 15 is 0 Å². The van der Waals surface area contributed by atoms with Crippen molar-refractivity contribution in [1.82, 2.24) is 35.9 Å². The molecule has 12 nitrogen and oxygen atoms in total. The van der Waals surface area contributed by atoms with Gasteiger partial charge in [-0.1, -0.05) is 59.6 Å². The van der Waals surface area contributed by atoms with Gasteiger partial charge in [-0.3, -0.25) is 14.8 Å². The molecule has 1 aliphatic heterocycles. The summed E-state index contributed by atoms with van der Waals surface area (Å²) in [5, 5.41) is 29.9. The minimum Gasteiger partial charge on any atom is -0.480 e. The van der Waals surface area contributed by atoms with Gasteiger partial charge >= 0.3 is 0 Å². The number of amides is 1. The summed E-state index contributed by atoms with van der Waals surface area (Å²) in [5.41, 5.74) is 4.04. The molecule has 1 saturated heterocycles. The summed E-state index contributed by atoms with van der Waals surface area (Å²) in [6, 6.07) is 11.4. The fourth-order valence-electron chi connectivity index (χ4n) is 6.07. The first-order chi connectivity index (χ1) is 23.2. The van der Waals surface area contributed by atoms with Crippen molar-refractivity contribution >= 4 is 29.1 Å². The number of carbonyl (C=O) groups excluding carboxylic acids is 1. The molecule has 0 bridgehead atoms. The lowest BCUT2D eigenvalue weighted by Gasteiger charge is -2.42. The molecule has 2 aromatic heterocycles. The van der Waals surface area contributed by atoms with Crippen LogP contribution in [0.2, 0.25) is 10.0 Å². The van der Waals surface area contributed by atoms with Crippen LogP contribution in [0.5, 0.6) is 11.8 Å². The molecule has 252 valence electrons. The summed E-state index contributed by atoms with van der Waals surface area (Å²) < 4.78 is 11.1. The van der Waals surface area contributed by atoms with Crippen LogP contribution in [-0.4, -0.2) is 81.1 Å². The zero-order chi connectivity index (χ0) is 33.8. The number of hydrogen-bond donors (Lipinski definition) is 5. The quantitative estimate of drug-likeness (QED) is 0.138. The Morgan fingerprint density at radius 1 is 0.896 bits per heavy atom. The van der Waals surface area contributed by atoms with Crippen molar-refractivity contribution in [3.05, 3.63) is 70.2 Å². The highest BCUT2D eigenvalue weighted by molar-refractivity contribution is 6.39. The summed E-state index contributed by atoms with van der Waals surface area (Å²) in [4.78, 5) is 30.1. The fourth-order valence-corrected chi connectivity index (χ4v) is 6.72. The molecular weight excluding hydrogens is 657 g/mol. The van der Waals surface area contributed by atoms with E-state index in [1.807, 2.05) is 36.4 Å². The van der Waals surface area contributed by atoms with Crippen molar-refractivity contribution < 1.29 is 24.5 Å². The number of methoxy groups -OCH3 is 2. The number of aromatic nitrogens is 4. The van der Waals surface area contributed by atoms with Crippen molar-refractivity contribution in [1.29, 1.82) is 0 Å². The predicted octanol–water partition coefficient (Wildman–Crippen LogP) is 3.94. The van der Waals surface area contributed by atoms with Gasteiger partial charge in [0.15, 0.2) is 0 Å². The van der Waals surface area contributed by atoms with Gasteiger partial charge in [0.1, 0.15) is 11.4 Å². The maximum absolute atomic E-state index is 11.5. The van der Waals surface area contributed by atoms with E-state index in [-0.39, 0.29) is 24.6 Å². The Morgan fingerprint density at radius 3 is 1.94 bits per heavy atom. The van der Waals surface area contributed by atoms with Gasteiger partial charge in [-0.15, -0.1) is 0 Å². The third kappa shape index (κ3) is 7.24. The van der Waals surface area contributed by atoms with Gasteiger partial charge in [0, 0.05) is 60.4 Å². The number of nitrogens with zero attached hydrogens (tertiary/aromatic N) is 4. The number of carbonyl (C=O) groups is 1. The lowest BCUT2D eigenvalue weighted by atomic mass is 9.76. The molecule has 4 aromatic rings. The van der Waals surface area contributed by atoms with E-state index in [0.717, 1.165) is 6.42 Å². The Labute approximate surface area is 288 Å². The Balaban J connectivity index is 1.21. The number of halogens is 2. The van der Waals surface area contributed by atoms with Crippen LogP contribution in [-0.2, 0) is 17.9 Å². The minimum atomic E-state index is -1.01. The molecular formula is C34H37Cl2N7O5. The first-order valence-electron chi connectivity index (χ1n) is 15.7. The maximum atomic E-state index is 11.5. The third-order valence-electron chi connectivity index (χ3n) is 8.72. The summed E-state index contributed by atoms with van der Waals surface area (Å²) in [6.45, 7) is 1.20. The highest BCUT2D eigenvalue weighted by atomic mass is 35.5. The number of nitrogens with one attached hydrogen (secondary N) is 3. The van der Waals surface area contributed by atoms with E-state index in [2.05, 4.69) is 25.9 Å². The van der Waals surface area contributed by atoms with Crippen LogP contribution in [0.4, 0.5) is 0 Å². The number of ether oxygens (including phenoxy) is 2. The van der Waals surface area contributed by atoms with Gasteiger partial charge in [-0.2, -0.15) is 0 Å². The van der Waals surface area contributed by atoms with E-state index in [9.17, 15) is 15.0 Å². The fraction of sp³-hybridized carbons (Fsp3) is 0.382. The van der Waals surface area contributed by atoms with Gasteiger partial charge in [0.2, 0.25) is 17.7 Å². The third-order valence-corrected chi connectivity index (χ3v) is 9.54. The molecule has 3 heterocycles. The lowest BCUT2D eigenvalue weighted by molar-refractivity contribution is -0.119. The molecule has 1 atom stereocenters. The summed E-state index contributed by atoms with van der Waals surface area (Å²) in [6.07, 6.45) is 5.60. The molecule has 0 unspecified atom stereocenters. The highest BCUT2D eigenvalue weighted by Gasteiger charge is 2.41. The number of aliphatic hydroxyl groups is 2. The normalized spacial score (nSPS) is 20.3. The smallest absolute Gasteiger partial charge is 0.237 e. The van der Waals surface area contributed by atoms with Gasteiger partial charge in [0.05, 0.1) is 60.3 Å². The van der Waals surface area contributed by atoms with Gasteiger partial charge in [-0.05, 0) is 19.3 Å². The number of rotatable bonds is 13. The highest BCUT2D eigenvalue weighted by Crippen LogP contribution is 2.42. The van der Waals surface area contributed by atoms with E-state index in [1.165, 1.54) is 7.11 Å². The molecule has 6 rings (SSSR count). The van der Waals surface area contributed by atoms with Crippen LogP contribution < -0.4 is 25.4 Å². The van der Waals surface area contributed by atoms with E-state index < -0.39 is 5.60 Å². The molecule has 48 heavy (non-hydrogen) atoms. The standard InChI is InChI=1S/C34H37Cl2N7O5/c1-47-32-27(14-37-13-19-9-10-29(45)41-19)39-15-25(42-32)23-7-3-5-21(30(23)35)22-6-4-8-24(31(22)36)26-16-40-28(33(43-26)48-2)17-38-20-11-34(46,12-20)18-44/h3-8,15-16,19-20,37-38,44,46H,9-14,17-18H2,1-2H3,(H,41,45)/t19-,20?,34?/m0/s1. The van der Waals surface area contributed by atoms with Crippen LogP contribution in [0.25, 0.3) is 33.6 Å². The first kappa shape index (κ1) is 34.0. The monoisotopic (exact) mass is 693 g/mol. The molecule has 5 N–H and O–H groups in total. The summed E-state index contributed by atoms with van der Waals surface area (Å²) in [7, 11) is 3.08. The molecule has 1 saturated carbocycles. The van der Waals surface area contributed by atoms with Crippen molar-refractivity contribution in [3.8, 4) is 45.4 Å². The minimum absolute atomic E-state index is 0.0695. The Bertz CT molecular complexity index is 1800. The molecule has 0 spiro atoms. The van der Waals surface area contributed by atoms with Crippen molar-refractivity contribution in [2.75, 3.05) is 27.4 Å². The van der Waals surface area contributed by atoms with E-state index in [4.69, 9.17) is 42.6 Å². The molecule has 1 amide bonds. The van der Waals surface area contributed by atoms with E-state index in [1.54, 1.807) is 19.5 Å². The first-order valence-corrected chi connectivity index (χ1v) is 16.4. The molecule has 2 fully saturated rings. The topological polar surface area (TPSA) is 164 Å². The number of aliphatic hydroxyl groups excluding tert-OH is 1. The largest absolute Gasteiger partial charge is 0.480 e. The second-order valence-electron chi connectivity index (χ2n) is 12.1. The maximum Gasteiger partial charge on any atom is 0.237 e. The average Bonchev–Trinajstić information content (AvgIpc) is 3.51. The van der Waals surface area contributed by atoms with Crippen LogP contribution >= 0.6 is 23.2 Å². The molecule has 2 aromatic carbocycles. The summed E-state index contributed by atoms with van der Waals surface area (Å²) >= 11 is 14.0. The van der Waals surface area contributed by atoms with Crippen LogP contribution in [0.15, 0.2) is 48.8 Å². The summed E-state index contributed by atoms with van der Waals surface area (Å²) in [5.74, 6) is 0.810. The Morgan fingerprint density at radius 2 is 1.44 bits per heavy atom. The zero-order valence-corrected chi connectivity index (χ0v) is 28.1. The molecule has 0 radical (unpaired) electrons. The average molecular weight is 695 g/mol. The van der Waals surface area contributed by atoms with Crippen LogP contribution in [0.3, 0.4) is 0 Å². The Hall–Kier alpha value is -3.91. The van der Waals surface area contributed by atoms with E-state index in [0.29, 0.717) is 106 Å². The van der Waals surface area contributed by atoms with Crippen LogP contribution in [0.1, 0.15) is 37.1 Å². The molecule has 2 aliphatic rings. The SMILES string of the molecule is COc1nc(-c2cccc(-c3cccc(-c4cnc(CNC5CC(O)(CO)C5)c(OC)n4)c3Cl)c2Cl)cnc1CNC[C@@H]1CCC(=O)N1. The van der Waals surface area contributed by atoms with Gasteiger partial charge in [0.25, 0.3) is 0 Å². The second kappa shape index (κ2) is 14.7. The predicted molar refractivity (Wildman–Crippen MR) is 182 cm³/mol. The molecule has 14 heteroatoms. The Kier molecular flexibility index (Phi) is 10.4. The lowest BCUT2D eigenvalue weighted by Crippen LogP contribution is -2.55.